The second-order valence-electron chi connectivity index (χ2n) is 3.58. The predicted molar refractivity (Wildman–Crippen MR) is 61.3 cm³/mol. The summed E-state index contributed by atoms with van der Waals surface area (Å²) in [6.45, 7) is 3.68. The molecule has 0 radical (unpaired) electrons. The molecule has 0 aliphatic rings. The van der Waals surface area contributed by atoms with Crippen LogP contribution in [0.25, 0.3) is 0 Å². The molecule has 0 saturated heterocycles. The first-order valence-electron chi connectivity index (χ1n) is 4.71. The van der Waals surface area contributed by atoms with E-state index in [-0.39, 0.29) is 17.7 Å². The fourth-order valence-electron chi connectivity index (χ4n) is 0.967. The van der Waals surface area contributed by atoms with Gasteiger partial charge in [0.05, 0.1) is 0 Å². The van der Waals surface area contributed by atoms with Crippen molar-refractivity contribution in [1.29, 1.82) is 10.8 Å². The van der Waals surface area contributed by atoms with Gasteiger partial charge in [-0.3, -0.25) is 10.8 Å². The van der Waals surface area contributed by atoms with Crippen LogP contribution in [0.4, 0.5) is 5.69 Å². The third-order valence-corrected chi connectivity index (χ3v) is 1.89. The molecule has 0 aliphatic carbocycles. The van der Waals surface area contributed by atoms with Gasteiger partial charge in [-0.15, -0.1) is 0 Å². The van der Waals surface area contributed by atoms with Crippen LogP contribution in [0.5, 0.6) is 0 Å². The van der Waals surface area contributed by atoms with Gasteiger partial charge in [0, 0.05) is 17.2 Å². The largest absolute Gasteiger partial charge is 0.425 e. The summed E-state index contributed by atoms with van der Waals surface area (Å²) < 4.78 is 5.06. The average Bonchev–Trinajstić information content (AvgIpc) is 2.17. The van der Waals surface area contributed by atoms with Crippen LogP contribution in [0, 0.1) is 16.7 Å². The summed E-state index contributed by atoms with van der Waals surface area (Å²) >= 11 is 0. The molecule has 0 bridgehead atoms. The van der Waals surface area contributed by atoms with E-state index in [1.165, 1.54) is 0 Å². The summed E-state index contributed by atoms with van der Waals surface area (Å²) in [5.74, 6) is 0.0230. The highest BCUT2D eigenvalue weighted by atomic mass is 16.5. The minimum Gasteiger partial charge on any atom is -0.425 e. The number of benzene rings is 1. The molecule has 4 N–H and O–H groups in total. The van der Waals surface area contributed by atoms with Gasteiger partial charge in [0.15, 0.2) is 5.90 Å². The predicted octanol–water partition coefficient (Wildman–Crippen LogP) is 2.24. The highest BCUT2D eigenvalue weighted by molar-refractivity contribution is 6.00. The van der Waals surface area contributed by atoms with Gasteiger partial charge in [-0.1, -0.05) is 19.9 Å². The molecule has 0 atom stereocenters. The van der Waals surface area contributed by atoms with Crippen molar-refractivity contribution >= 4 is 17.5 Å². The lowest BCUT2D eigenvalue weighted by Gasteiger charge is -2.10. The highest BCUT2D eigenvalue weighted by Crippen LogP contribution is 2.09. The summed E-state index contributed by atoms with van der Waals surface area (Å²) in [4.78, 5) is 0. The van der Waals surface area contributed by atoms with Crippen molar-refractivity contribution in [2.45, 2.75) is 13.8 Å². The molecule has 4 heteroatoms. The summed E-state index contributed by atoms with van der Waals surface area (Å²) in [5, 5.41) is 15.1. The van der Waals surface area contributed by atoms with Gasteiger partial charge in [0.1, 0.15) is 0 Å². The molecule has 1 rings (SSSR count). The van der Waals surface area contributed by atoms with Crippen molar-refractivity contribution in [3.05, 3.63) is 29.8 Å². The van der Waals surface area contributed by atoms with Crippen LogP contribution < -0.4 is 5.73 Å². The first-order valence-corrected chi connectivity index (χ1v) is 4.71. The van der Waals surface area contributed by atoms with Gasteiger partial charge < -0.3 is 10.5 Å². The first kappa shape index (κ1) is 11.2. The molecule has 0 amide bonds. The van der Waals surface area contributed by atoms with Crippen LogP contribution in [-0.2, 0) is 4.74 Å². The maximum absolute atomic E-state index is 7.63. The summed E-state index contributed by atoms with van der Waals surface area (Å²) in [6.07, 6.45) is 0. The normalized spacial score (nSPS) is 10.1. The highest BCUT2D eigenvalue weighted by Gasteiger charge is 2.09. The van der Waals surface area contributed by atoms with Crippen LogP contribution >= 0.6 is 0 Å². The Balaban J connectivity index is 2.74. The van der Waals surface area contributed by atoms with Crippen molar-refractivity contribution in [1.82, 2.24) is 0 Å². The van der Waals surface area contributed by atoms with E-state index in [9.17, 15) is 0 Å². The second-order valence-corrected chi connectivity index (χ2v) is 3.58. The average molecular weight is 205 g/mol. The van der Waals surface area contributed by atoms with Crippen molar-refractivity contribution in [2.75, 3.05) is 5.73 Å². The van der Waals surface area contributed by atoms with Crippen LogP contribution in [0.1, 0.15) is 19.4 Å². The Labute approximate surface area is 89.1 Å². The Morgan fingerprint density at radius 1 is 1.33 bits per heavy atom. The smallest absolute Gasteiger partial charge is 0.220 e. The molecule has 0 aliphatic heterocycles. The lowest BCUT2D eigenvalue weighted by atomic mass is 10.2. The van der Waals surface area contributed by atoms with Gasteiger partial charge in [0.25, 0.3) is 0 Å². The van der Waals surface area contributed by atoms with Crippen LogP contribution in [-0.4, -0.2) is 11.8 Å². The molecule has 1 aromatic carbocycles. The number of hydrogen-bond acceptors (Lipinski definition) is 4. The van der Waals surface area contributed by atoms with E-state index in [1.54, 1.807) is 24.3 Å². The zero-order chi connectivity index (χ0) is 11.4. The summed E-state index contributed by atoms with van der Waals surface area (Å²) in [6, 6.07) is 6.87. The molecule has 80 valence electrons. The number of nitrogens with one attached hydrogen (secondary N) is 2. The second kappa shape index (κ2) is 4.59. The van der Waals surface area contributed by atoms with Gasteiger partial charge in [-0.2, -0.15) is 0 Å². The molecule has 0 saturated carbocycles. The molecule has 1 aromatic rings. The van der Waals surface area contributed by atoms with Crippen LogP contribution in [0.2, 0.25) is 0 Å². The standard InChI is InChI=1S/C11H15N3O/c1-7(2)10(13)15-11(14)8-4-3-5-9(12)6-8/h3-7,13-14H,12H2,1-2H3. The van der Waals surface area contributed by atoms with Crippen LogP contribution in [0.15, 0.2) is 24.3 Å². The quantitative estimate of drug-likeness (QED) is 0.393. The van der Waals surface area contributed by atoms with Crippen molar-refractivity contribution in [3.8, 4) is 0 Å². The molecule has 0 unspecified atom stereocenters. The third-order valence-electron chi connectivity index (χ3n) is 1.89. The number of ether oxygens (including phenoxy) is 1. The van der Waals surface area contributed by atoms with Gasteiger partial charge in [-0.25, -0.2) is 0 Å². The van der Waals surface area contributed by atoms with E-state index >= 15 is 0 Å². The van der Waals surface area contributed by atoms with Gasteiger partial charge in [-0.05, 0) is 18.2 Å². The number of hydrogen-bond donors (Lipinski definition) is 3. The van der Waals surface area contributed by atoms with E-state index in [2.05, 4.69) is 0 Å². The fourth-order valence-corrected chi connectivity index (χ4v) is 0.967. The first-order chi connectivity index (χ1) is 7.00. The lowest BCUT2D eigenvalue weighted by molar-refractivity contribution is 0.491. The zero-order valence-corrected chi connectivity index (χ0v) is 8.87. The topological polar surface area (TPSA) is 83.0 Å². The molecule has 15 heavy (non-hydrogen) atoms. The van der Waals surface area contributed by atoms with E-state index in [0.717, 1.165) is 0 Å². The summed E-state index contributed by atoms with van der Waals surface area (Å²) in [7, 11) is 0. The Morgan fingerprint density at radius 3 is 2.53 bits per heavy atom. The molecule has 4 nitrogen and oxygen atoms in total. The van der Waals surface area contributed by atoms with Crippen molar-refractivity contribution in [2.24, 2.45) is 5.92 Å². The minimum absolute atomic E-state index is 0.0218. The summed E-state index contributed by atoms with van der Waals surface area (Å²) in [5.41, 5.74) is 6.75. The minimum atomic E-state index is -0.0407. The van der Waals surface area contributed by atoms with Crippen molar-refractivity contribution in [3.63, 3.8) is 0 Å². The molecule has 0 spiro atoms. The van der Waals surface area contributed by atoms with E-state index in [0.29, 0.717) is 11.3 Å². The Morgan fingerprint density at radius 2 is 2.00 bits per heavy atom. The van der Waals surface area contributed by atoms with E-state index in [1.807, 2.05) is 13.8 Å². The molecule has 0 aromatic heterocycles. The fraction of sp³-hybridized carbons (Fsp3) is 0.273. The SMILES string of the molecule is CC(C)C(=N)OC(=N)c1cccc(N)c1. The molecule has 0 heterocycles. The number of nitrogens with two attached hydrogens (primary N) is 1. The van der Waals surface area contributed by atoms with Gasteiger partial charge >= 0.3 is 0 Å². The maximum Gasteiger partial charge on any atom is 0.220 e. The Hall–Kier alpha value is -1.84. The molecule has 0 fully saturated rings. The number of anilines is 1. The monoisotopic (exact) mass is 205 g/mol. The number of nitrogen functional groups attached to an aromatic ring is 1. The lowest BCUT2D eigenvalue weighted by Crippen LogP contribution is -2.16. The van der Waals surface area contributed by atoms with Gasteiger partial charge in [0.2, 0.25) is 5.90 Å². The van der Waals surface area contributed by atoms with Crippen LogP contribution in [0.3, 0.4) is 0 Å². The maximum atomic E-state index is 7.63. The Kier molecular flexibility index (Phi) is 3.44. The third kappa shape index (κ3) is 3.09. The molecular weight excluding hydrogens is 190 g/mol. The number of rotatable bonds is 2. The molecular formula is C11H15N3O. The van der Waals surface area contributed by atoms with E-state index in [4.69, 9.17) is 21.3 Å². The Bertz CT molecular complexity index is 385. The van der Waals surface area contributed by atoms with Crippen molar-refractivity contribution < 1.29 is 4.74 Å². The zero-order valence-electron chi connectivity index (χ0n) is 8.87. The van der Waals surface area contributed by atoms with E-state index < -0.39 is 0 Å².